The standard InChI is InChI=1S/C20H32BN7O4/c22-18(8-4-5-13-32-21(30)31)20-24-25-26-28(20)15-19(29)23-17-9-11-27(12-10-17)14-16-6-2-1-3-7-16/h1-3,6-7,17-18,30-31H,4-5,8-15,22H2,(H,23,29). The SMILES string of the molecule is NC(CCCCOB(O)O)c1nnnn1CC(=O)NC1CCN(Cc2ccccc2)CC1. The number of hydrogen-bond donors (Lipinski definition) is 4. The molecule has 11 nitrogen and oxygen atoms in total. The molecule has 1 aromatic carbocycles. The molecule has 32 heavy (non-hydrogen) atoms. The van der Waals surface area contributed by atoms with Crippen LogP contribution in [0.25, 0.3) is 0 Å². The maximum atomic E-state index is 12.5. The Morgan fingerprint density at radius 1 is 1.25 bits per heavy atom. The van der Waals surface area contributed by atoms with Crippen LogP contribution in [-0.4, -0.2) is 74.1 Å². The smallest absolute Gasteiger partial charge is 0.402 e. The zero-order chi connectivity index (χ0) is 22.8. The summed E-state index contributed by atoms with van der Waals surface area (Å²) in [5.41, 5.74) is 7.48. The number of rotatable bonds is 12. The molecule has 0 saturated carbocycles. The highest BCUT2D eigenvalue weighted by molar-refractivity contribution is 6.32. The van der Waals surface area contributed by atoms with Crippen molar-refractivity contribution in [1.82, 2.24) is 30.4 Å². The topological polar surface area (TPSA) is 152 Å². The van der Waals surface area contributed by atoms with E-state index in [9.17, 15) is 4.79 Å². The highest BCUT2D eigenvalue weighted by atomic mass is 16.6. The van der Waals surface area contributed by atoms with Gasteiger partial charge in [0.05, 0.1) is 6.04 Å². The highest BCUT2D eigenvalue weighted by Gasteiger charge is 2.22. The number of nitrogens with zero attached hydrogens (tertiary/aromatic N) is 5. The van der Waals surface area contributed by atoms with Crippen LogP contribution in [0.5, 0.6) is 0 Å². The van der Waals surface area contributed by atoms with E-state index in [1.165, 1.54) is 10.2 Å². The summed E-state index contributed by atoms with van der Waals surface area (Å²) < 4.78 is 6.11. The zero-order valence-electron chi connectivity index (χ0n) is 18.2. The normalized spacial score (nSPS) is 16.1. The van der Waals surface area contributed by atoms with Gasteiger partial charge in [-0.2, -0.15) is 0 Å². The first-order chi connectivity index (χ1) is 15.5. The molecular formula is C20H32BN7O4. The van der Waals surface area contributed by atoms with Gasteiger partial charge in [0.25, 0.3) is 0 Å². The van der Waals surface area contributed by atoms with Crippen molar-refractivity contribution in [3.05, 3.63) is 41.7 Å². The van der Waals surface area contributed by atoms with Crippen molar-refractivity contribution >= 4 is 13.2 Å². The van der Waals surface area contributed by atoms with Crippen molar-refractivity contribution < 1.29 is 19.5 Å². The van der Waals surface area contributed by atoms with Crippen LogP contribution in [0.2, 0.25) is 0 Å². The van der Waals surface area contributed by atoms with E-state index in [-0.39, 0.29) is 25.1 Å². The third-order valence-electron chi connectivity index (χ3n) is 5.56. The van der Waals surface area contributed by atoms with Gasteiger partial charge in [-0.25, -0.2) is 4.68 Å². The molecule has 1 fully saturated rings. The van der Waals surface area contributed by atoms with E-state index >= 15 is 0 Å². The highest BCUT2D eigenvalue weighted by Crippen LogP contribution is 2.15. The van der Waals surface area contributed by atoms with Gasteiger partial charge in [-0.3, -0.25) is 9.69 Å². The summed E-state index contributed by atoms with van der Waals surface area (Å²) in [6, 6.07) is 10.1. The van der Waals surface area contributed by atoms with Crippen molar-refractivity contribution in [2.45, 2.75) is 57.3 Å². The van der Waals surface area contributed by atoms with Gasteiger partial charge in [-0.05, 0) is 48.1 Å². The van der Waals surface area contributed by atoms with Gasteiger partial charge in [0.15, 0.2) is 5.82 Å². The molecule has 0 bridgehead atoms. The van der Waals surface area contributed by atoms with Crippen molar-refractivity contribution in [1.29, 1.82) is 0 Å². The molecule has 1 atom stereocenters. The maximum absolute atomic E-state index is 12.5. The van der Waals surface area contributed by atoms with E-state index in [1.807, 2.05) is 6.07 Å². The van der Waals surface area contributed by atoms with Crippen molar-refractivity contribution in [3.8, 4) is 0 Å². The molecule has 0 spiro atoms. The number of amides is 1. The van der Waals surface area contributed by atoms with Crippen LogP contribution < -0.4 is 11.1 Å². The zero-order valence-corrected chi connectivity index (χ0v) is 18.2. The molecule has 1 unspecified atom stereocenters. The minimum atomic E-state index is -1.76. The first-order valence-corrected chi connectivity index (χ1v) is 11.1. The fraction of sp³-hybridized carbons (Fsp3) is 0.600. The predicted octanol–water partition coefficient (Wildman–Crippen LogP) is -0.390. The number of unbranched alkanes of at least 4 members (excludes halogenated alkanes) is 1. The average molecular weight is 445 g/mol. The Bertz CT molecular complexity index is 815. The Hall–Kier alpha value is -2.38. The Labute approximate surface area is 188 Å². The van der Waals surface area contributed by atoms with Gasteiger partial charge >= 0.3 is 7.32 Å². The molecule has 0 aliphatic carbocycles. The molecule has 1 aromatic heterocycles. The summed E-state index contributed by atoms with van der Waals surface area (Å²) in [7, 11) is -1.76. The molecule has 2 heterocycles. The van der Waals surface area contributed by atoms with Crippen LogP contribution in [-0.2, 0) is 22.5 Å². The first kappa shape index (κ1) is 24.3. The van der Waals surface area contributed by atoms with Gasteiger partial charge in [0.1, 0.15) is 6.54 Å². The Morgan fingerprint density at radius 3 is 2.72 bits per heavy atom. The van der Waals surface area contributed by atoms with E-state index in [4.69, 9.17) is 15.8 Å². The lowest BCUT2D eigenvalue weighted by Crippen LogP contribution is -2.45. The quantitative estimate of drug-likeness (QED) is 0.253. The van der Waals surface area contributed by atoms with Gasteiger partial charge in [-0.15, -0.1) is 5.10 Å². The van der Waals surface area contributed by atoms with E-state index in [0.717, 1.165) is 32.5 Å². The second-order valence-electron chi connectivity index (χ2n) is 8.10. The lowest BCUT2D eigenvalue weighted by Gasteiger charge is -2.32. The summed E-state index contributed by atoms with van der Waals surface area (Å²) in [4.78, 5) is 14.9. The third kappa shape index (κ3) is 7.95. The molecule has 1 amide bonds. The maximum Gasteiger partial charge on any atom is 0.633 e. The second kappa shape index (κ2) is 12.6. The summed E-state index contributed by atoms with van der Waals surface area (Å²) >= 11 is 0. The Balaban J connectivity index is 1.38. The third-order valence-corrected chi connectivity index (χ3v) is 5.56. The molecule has 12 heteroatoms. The number of carbonyl (C=O) groups excluding carboxylic acids is 1. The van der Waals surface area contributed by atoms with Crippen molar-refractivity contribution in [3.63, 3.8) is 0 Å². The number of aromatic nitrogens is 4. The summed E-state index contributed by atoms with van der Waals surface area (Å²) in [5.74, 6) is 0.332. The van der Waals surface area contributed by atoms with E-state index in [2.05, 4.69) is 54.7 Å². The predicted molar refractivity (Wildman–Crippen MR) is 118 cm³/mol. The number of piperidine rings is 1. The van der Waals surface area contributed by atoms with E-state index < -0.39 is 13.4 Å². The van der Waals surface area contributed by atoms with Crippen molar-refractivity contribution in [2.75, 3.05) is 19.7 Å². The summed E-state index contributed by atoms with van der Waals surface area (Å²) in [5, 5.41) is 32.0. The largest absolute Gasteiger partial charge is 0.633 e. The molecule has 174 valence electrons. The van der Waals surface area contributed by atoms with Crippen molar-refractivity contribution in [2.24, 2.45) is 5.73 Å². The minimum Gasteiger partial charge on any atom is -0.402 e. The fourth-order valence-corrected chi connectivity index (χ4v) is 3.86. The monoisotopic (exact) mass is 445 g/mol. The summed E-state index contributed by atoms with van der Waals surface area (Å²) in [6.07, 6.45) is 3.73. The Kier molecular flexibility index (Phi) is 9.56. The molecule has 5 N–H and O–H groups in total. The number of nitrogens with two attached hydrogens (primary N) is 1. The number of hydrogen-bond acceptors (Lipinski definition) is 9. The Morgan fingerprint density at radius 2 is 2.00 bits per heavy atom. The number of tetrazole rings is 1. The molecule has 0 radical (unpaired) electrons. The van der Waals surface area contributed by atoms with Crippen LogP contribution in [0.1, 0.15) is 49.5 Å². The van der Waals surface area contributed by atoms with Gasteiger partial charge in [0, 0.05) is 32.3 Å². The number of likely N-dealkylation sites (tertiary alicyclic amines) is 1. The van der Waals surface area contributed by atoms with Gasteiger partial charge in [-0.1, -0.05) is 30.3 Å². The lowest BCUT2D eigenvalue weighted by atomic mass is 10.0. The molecule has 3 rings (SSSR count). The number of carbonyl (C=O) groups is 1. The number of benzene rings is 1. The first-order valence-electron chi connectivity index (χ1n) is 11.1. The second-order valence-corrected chi connectivity index (χ2v) is 8.10. The lowest BCUT2D eigenvalue weighted by molar-refractivity contribution is -0.123. The van der Waals surface area contributed by atoms with Gasteiger partial charge < -0.3 is 25.8 Å². The van der Waals surface area contributed by atoms with Crippen LogP contribution in [0.4, 0.5) is 0 Å². The number of nitrogens with one attached hydrogen (secondary N) is 1. The van der Waals surface area contributed by atoms with Crippen LogP contribution in [0.15, 0.2) is 30.3 Å². The van der Waals surface area contributed by atoms with Crippen LogP contribution in [0.3, 0.4) is 0 Å². The van der Waals surface area contributed by atoms with E-state index in [1.54, 1.807) is 0 Å². The fourth-order valence-electron chi connectivity index (χ4n) is 3.86. The summed E-state index contributed by atoms with van der Waals surface area (Å²) in [6.45, 7) is 3.07. The molecule has 2 aromatic rings. The minimum absolute atomic E-state index is 0.0279. The van der Waals surface area contributed by atoms with Crippen LogP contribution in [0, 0.1) is 0 Å². The van der Waals surface area contributed by atoms with E-state index in [0.29, 0.717) is 25.1 Å². The molecule has 1 aliphatic heterocycles. The van der Waals surface area contributed by atoms with Crippen LogP contribution >= 0.6 is 0 Å². The molecule has 1 aliphatic rings. The molecular weight excluding hydrogens is 413 g/mol. The average Bonchev–Trinajstić information content (AvgIpc) is 3.23. The molecule has 1 saturated heterocycles. The van der Waals surface area contributed by atoms with Gasteiger partial charge in [0.2, 0.25) is 5.91 Å².